The van der Waals surface area contributed by atoms with Gasteiger partial charge in [0.05, 0.1) is 17.6 Å². The minimum atomic E-state index is -0.237. The third kappa shape index (κ3) is 2.45. The van der Waals surface area contributed by atoms with Gasteiger partial charge in [-0.25, -0.2) is 9.07 Å². The number of rotatable bonds is 3. The Morgan fingerprint density at radius 1 is 0.852 bits per heavy atom. The Kier molecular flexibility index (Phi) is 3.57. The minimum Gasteiger partial charge on any atom is -0.341 e. The molecule has 27 heavy (non-hydrogen) atoms. The molecule has 0 aliphatic heterocycles. The van der Waals surface area contributed by atoms with Crippen molar-refractivity contribution in [1.82, 2.24) is 14.3 Å². The molecule has 0 aliphatic rings. The predicted octanol–water partition coefficient (Wildman–Crippen LogP) is 5.81. The van der Waals surface area contributed by atoms with Crippen LogP contribution in [-0.2, 0) is 6.54 Å². The van der Waals surface area contributed by atoms with Crippen LogP contribution < -0.4 is 0 Å². The van der Waals surface area contributed by atoms with Gasteiger partial charge in [-0.05, 0) is 61.5 Å². The molecule has 2 heterocycles. The van der Waals surface area contributed by atoms with Gasteiger partial charge < -0.3 is 4.57 Å². The molecule has 0 saturated heterocycles. The molecule has 0 radical (unpaired) electrons. The van der Waals surface area contributed by atoms with Crippen molar-refractivity contribution < 1.29 is 4.39 Å². The van der Waals surface area contributed by atoms with Crippen LogP contribution in [0.25, 0.3) is 38.8 Å². The summed E-state index contributed by atoms with van der Waals surface area (Å²) >= 11 is 0. The van der Waals surface area contributed by atoms with E-state index in [0.29, 0.717) is 0 Å². The molecular weight excluding hydrogens is 337 g/mol. The Morgan fingerprint density at radius 3 is 2.44 bits per heavy atom. The minimum absolute atomic E-state index is 0.237. The van der Waals surface area contributed by atoms with Crippen LogP contribution >= 0.6 is 0 Å². The second kappa shape index (κ2) is 6.09. The third-order valence-electron chi connectivity index (χ3n) is 5.10. The number of fused-ring (bicyclic) bond motifs is 3. The monoisotopic (exact) mass is 355 g/mol. The van der Waals surface area contributed by atoms with Gasteiger partial charge in [-0.2, -0.15) is 5.10 Å². The molecule has 2 aromatic heterocycles. The topological polar surface area (TPSA) is 22.8 Å². The fraction of sp³-hybridized carbons (Fsp3) is 0.0870. The van der Waals surface area contributed by atoms with Gasteiger partial charge in [0.1, 0.15) is 5.82 Å². The summed E-state index contributed by atoms with van der Waals surface area (Å²) in [5.41, 5.74) is 5.33. The average Bonchev–Trinajstić information content (AvgIpc) is 3.31. The van der Waals surface area contributed by atoms with Gasteiger partial charge in [0.15, 0.2) is 0 Å². The van der Waals surface area contributed by atoms with Crippen molar-refractivity contribution in [2.75, 3.05) is 0 Å². The van der Waals surface area contributed by atoms with Crippen molar-refractivity contribution in [2.45, 2.75) is 13.5 Å². The summed E-state index contributed by atoms with van der Waals surface area (Å²) in [6, 6.07) is 23.4. The lowest BCUT2D eigenvalue weighted by Crippen LogP contribution is -1.99. The zero-order valence-corrected chi connectivity index (χ0v) is 14.9. The van der Waals surface area contributed by atoms with Crippen LogP contribution in [0.3, 0.4) is 0 Å². The molecule has 3 aromatic carbocycles. The maximum Gasteiger partial charge on any atom is 0.123 e. The molecule has 0 atom stereocenters. The van der Waals surface area contributed by atoms with Crippen molar-refractivity contribution in [3.8, 4) is 16.9 Å². The van der Waals surface area contributed by atoms with E-state index in [1.165, 1.54) is 33.9 Å². The highest BCUT2D eigenvalue weighted by atomic mass is 19.1. The van der Waals surface area contributed by atoms with E-state index < -0.39 is 0 Å². The van der Waals surface area contributed by atoms with Crippen molar-refractivity contribution in [3.05, 3.63) is 84.8 Å². The molecule has 0 fully saturated rings. The van der Waals surface area contributed by atoms with Crippen molar-refractivity contribution >= 4 is 21.8 Å². The van der Waals surface area contributed by atoms with Gasteiger partial charge in [-0.15, -0.1) is 0 Å². The largest absolute Gasteiger partial charge is 0.341 e. The summed E-state index contributed by atoms with van der Waals surface area (Å²) in [7, 11) is 0. The van der Waals surface area contributed by atoms with Gasteiger partial charge >= 0.3 is 0 Å². The highest BCUT2D eigenvalue weighted by Gasteiger charge is 2.12. The molecule has 132 valence electrons. The number of hydrogen-bond acceptors (Lipinski definition) is 1. The smallest absolute Gasteiger partial charge is 0.123 e. The zero-order valence-electron chi connectivity index (χ0n) is 14.9. The van der Waals surface area contributed by atoms with E-state index in [9.17, 15) is 4.39 Å². The third-order valence-corrected chi connectivity index (χ3v) is 5.10. The normalized spacial score (nSPS) is 11.5. The van der Waals surface area contributed by atoms with Crippen molar-refractivity contribution in [3.63, 3.8) is 0 Å². The van der Waals surface area contributed by atoms with E-state index >= 15 is 0 Å². The Labute approximate surface area is 156 Å². The SMILES string of the molecule is CCn1c2ccccc2c2cc(-n3nccc3-c3ccc(F)cc3)ccc21. The number of halogens is 1. The molecular formula is C23H18FN3. The molecule has 0 amide bonds. The zero-order chi connectivity index (χ0) is 18.4. The van der Waals surface area contributed by atoms with Gasteiger partial charge in [-0.3, -0.25) is 0 Å². The number of hydrogen-bond donors (Lipinski definition) is 0. The molecule has 0 saturated carbocycles. The summed E-state index contributed by atoms with van der Waals surface area (Å²) in [6.45, 7) is 3.09. The van der Waals surface area contributed by atoms with Crippen molar-refractivity contribution in [2.24, 2.45) is 0 Å². The van der Waals surface area contributed by atoms with Crippen LogP contribution in [0.1, 0.15) is 6.92 Å². The summed E-state index contributed by atoms with van der Waals surface area (Å²) in [5, 5.41) is 6.97. The van der Waals surface area contributed by atoms with E-state index in [4.69, 9.17) is 0 Å². The number of aromatic nitrogens is 3. The van der Waals surface area contributed by atoms with E-state index in [-0.39, 0.29) is 5.82 Å². The van der Waals surface area contributed by atoms with Gasteiger partial charge in [0.2, 0.25) is 0 Å². The number of para-hydroxylation sites is 1. The van der Waals surface area contributed by atoms with Gasteiger partial charge in [0, 0.05) is 33.9 Å². The Balaban J connectivity index is 1.72. The van der Waals surface area contributed by atoms with Crippen LogP contribution in [0.4, 0.5) is 4.39 Å². The second-order valence-electron chi connectivity index (χ2n) is 6.60. The molecule has 4 heteroatoms. The van der Waals surface area contributed by atoms with E-state index in [1.54, 1.807) is 18.3 Å². The quantitative estimate of drug-likeness (QED) is 0.401. The van der Waals surface area contributed by atoms with Crippen LogP contribution in [0.2, 0.25) is 0 Å². The van der Waals surface area contributed by atoms with Crippen LogP contribution in [0.15, 0.2) is 79.0 Å². The van der Waals surface area contributed by atoms with E-state index in [1.807, 2.05) is 10.7 Å². The van der Waals surface area contributed by atoms with Crippen LogP contribution in [-0.4, -0.2) is 14.3 Å². The predicted molar refractivity (Wildman–Crippen MR) is 108 cm³/mol. The molecule has 0 spiro atoms. The van der Waals surface area contributed by atoms with Crippen LogP contribution in [0.5, 0.6) is 0 Å². The maximum absolute atomic E-state index is 13.3. The molecule has 3 nitrogen and oxygen atoms in total. The summed E-state index contributed by atoms with van der Waals surface area (Å²) < 4.78 is 17.5. The number of aryl methyl sites for hydroxylation is 1. The molecule has 0 aliphatic carbocycles. The highest BCUT2D eigenvalue weighted by Crippen LogP contribution is 2.31. The first-order valence-corrected chi connectivity index (χ1v) is 9.07. The molecule has 5 aromatic rings. The Morgan fingerprint density at radius 2 is 1.63 bits per heavy atom. The molecule has 0 unspecified atom stereocenters. The molecule has 0 N–H and O–H groups in total. The number of nitrogens with zero attached hydrogens (tertiary/aromatic N) is 3. The first kappa shape index (κ1) is 15.8. The number of benzene rings is 3. The summed E-state index contributed by atoms with van der Waals surface area (Å²) in [6.07, 6.45) is 1.78. The van der Waals surface area contributed by atoms with Gasteiger partial charge in [0.25, 0.3) is 0 Å². The van der Waals surface area contributed by atoms with E-state index in [0.717, 1.165) is 23.5 Å². The fourth-order valence-electron chi connectivity index (χ4n) is 3.86. The molecule has 0 bridgehead atoms. The standard InChI is InChI=1S/C23H18FN3/c1-2-26-22-6-4-3-5-19(22)20-15-18(11-12-23(20)26)27-21(13-14-25-27)16-7-9-17(24)10-8-16/h3-15H,2H2,1H3. The average molecular weight is 355 g/mol. The fourth-order valence-corrected chi connectivity index (χ4v) is 3.86. The lowest BCUT2D eigenvalue weighted by Gasteiger charge is -2.09. The maximum atomic E-state index is 13.3. The summed E-state index contributed by atoms with van der Waals surface area (Å²) in [5.74, 6) is -0.237. The summed E-state index contributed by atoms with van der Waals surface area (Å²) in [4.78, 5) is 0. The van der Waals surface area contributed by atoms with Gasteiger partial charge in [-0.1, -0.05) is 18.2 Å². The first-order chi connectivity index (χ1) is 13.3. The lowest BCUT2D eigenvalue weighted by atomic mass is 10.1. The lowest BCUT2D eigenvalue weighted by molar-refractivity contribution is 0.628. The van der Waals surface area contributed by atoms with Crippen LogP contribution in [0, 0.1) is 5.82 Å². The van der Waals surface area contributed by atoms with Crippen molar-refractivity contribution in [1.29, 1.82) is 0 Å². The Bertz CT molecular complexity index is 1260. The van der Waals surface area contributed by atoms with E-state index in [2.05, 4.69) is 59.1 Å². The Hall–Kier alpha value is -3.40. The second-order valence-corrected chi connectivity index (χ2v) is 6.60. The molecule has 5 rings (SSSR count). The first-order valence-electron chi connectivity index (χ1n) is 9.07. The highest BCUT2D eigenvalue weighted by molar-refractivity contribution is 6.08.